The monoisotopic (exact) mass is 203 g/mol. The van der Waals surface area contributed by atoms with Gasteiger partial charge in [0.1, 0.15) is 0 Å². The van der Waals surface area contributed by atoms with Crippen molar-refractivity contribution in [2.75, 3.05) is 11.4 Å². The van der Waals surface area contributed by atoms with Crippen LogP contribution >= 0.6 is 0 Å². The molecule has 0 radical (unpaired) electrons. The van der Waals surface area contributed by atoms with E-state index in [0.29, 0.717) is 18.8 Å². The first-order chi connectivity index (χ1) is 7.24. The minimum absolute atomic E-state index is 0.0271. The molecule has 2 rings (SSSR count). The van der Waals surface area contributed by atoms with Crippen LogP contribution in [0.5, 0.6) is 0 Å². The number of hydrogen-bond acceptors (Lipinski definition) is 2. The van der Waals surface area contributed by atoms with Crippen LogP contribution in [0.2, 0.25) is 0 Å². The highest BCUT2D eigenvalue weighted by molar-refractivity contribution is 5.95. The lowest BCUT2D eigenvalue weighted by Crippen LogP contribution is -2.24. The second-order valence-electron chi connectivity index (χ2n) is 3.68. The van der Waals surface area contributed by atoms with Crippen molar-refractivity contribution in [2.45, 2.75) is 19.8 Å². The van der Waals surface area contributed by atoms with E-state index in [2.05, 4.69) is 16.1 Å². The van der Waals surface area contributed by atoms with Gasteiger partial charge in [-0.2, -0.15) is 5.10 Å². The number of aromatic amines is 1. The fraction of sp³-hybridized carbons (Fsp3) is 0.455. The SMILES string of the molecule is C#CC1CC(=O)N(c2cc(CC)[nH]n2)C1. The van der Waals surface area contributed by atoms with Crippen molar-refractivity contribution in [3.8, 4) is 12.3 Å². The predicted molar refractivity (Wildman–Crippen MR) is 57.3 cm³/mol. The molecule has 1 atom stereocenters. The fourth-order valence-electron chi connectivity index (χ4n) is 1.71. The van der Waals surface area contributed by atoms with Crippen molar-refractivity contribution in [2.24, 2.45) is 5.92 Å². The first-order valence-corrected chi connectivity index (χ1v) is 5.05. The number of carbonyl (C=O) groups is 1. The number of amides is 1. The summed E-state index contributed by atoms with van der Waals surface area (Å²) < 4.78 is 0. The zero-order valence-corrected chi connectivity index (χ0v) is 8.66. The van der Waals surface area contributed by atoms with E-state index in [1.807, 2.05) is 13.0 Å². The second-order valence-corrected chi connectivity index (χ2v) is 3.68. The van der Waals surface area contributed by atoms with E-state index in [9.17, 15) is 4.79 Å². The van der Waals surface area contributed by atoms with Gasteiger partial charge >= 0.3 is 0 Å². The maximum Gasteiger partial charge on any atom is 0.229 e. The first kappa shape index (κ1) is 9.78. The normalized spacial score (nSPS) is 20.7. The fourth-order valence-corrected chi connectivity index (χ4v) is 1.71. The summed E-state index contributed by atoms with van der Waals surface area (Å²) in [5, 5.41) is 6.99. The molecule has 1 aromatic rings. The number of nitrogens with one attached hydrogen (secondary N) is 1. The Hall–Kier alpha value is -1.76. The Morgan fingerprint density at radius 1 is 1.80 bits per heavy atom. The summed E-state index contributed by atoms with van der Waals surface area (Å²) in [5.41, 5.74) is 1.03. The number of rotatable bonds is 2. The molecule has 1 fully saturated rings. The second kappa shape index (κ2) is 3.77. The maximum atomic E-state index is 11.6. The molecule has 1 N–H and O–H groups in total. The third-order valence-corrected chi connectivity index (χ3v) is 2.64. The van der Waals surface area contributed by atoms with Crippen molar-refractivity contribution in [1.82, 2.24) is 10.2 Å². The van der Waals surface area contributed by atoms with Gasteiger partial charge in [-0.15, -0.1) is 12.3 Å². The van der Waals surface area contributed by atoms with Gasteiger partial charge in [-0.1, -0.05) is 6.92 Å². The maximum absolute atomic E-state index is 11.6. The van der Waals surface area contributed by atoms with E-state index in [1.54, 1.807) is 4.90 Å². The number of anilines is 1. The third kappa shape index (κ3) is 1.73. The molecule has 1 aliphatic heterocycles. The van der Waals surface area contributed by atoms with E-state index in [0.717, 1.165) is 12.1 Å². The Morgan fingerprint density at radius 2 is 2.60 bits per heavy atom. The number of nitrogens with zero attached hydrogens (tertiary/aromatic N) is 2. The highest BCUT2D eigenvalue weighted by Gasteiger charge is 2.30. The highest BCUT2D eigenvalue weighted by Crippen LogP contribution is 2.23. The largest absolute Gasteiger partial charge is 0.294 e. The molecule has 0 aliphatic carbocycles. The van der Waals surface area contributed by atoms with E-state index >= 15 is 0 Å². The zero-order valence-electron chi connectivity index (χ0n) is 8.66. The molecule has 0 bridgehead atoms. The molecule has 78 valence electrons. The molecule has 1 amide bonds. The number of terminal acetylenes is 1. The minimum Gasteiger partial charge on any atom is -0.294 e. The lowest BCUT2D eigenvalue weighted by Gasteiger charge is -2.11. The van der Waals surface area contributed by atoms with Gasteiger partial charge in [-0.05, 0) is 6.42 Å². The van der Waals surface area contributed by atoms with E-state index in [1.165, 1.54) is 0 Å². The quantitative estimate of drug-likeness (QED) is 0.728. The summed E-state index contributed by atoms with van der Waals surface area (Å²) in [4.78, 5) is 13.3. The van der Waals surface area contributed by atoms with Crippen LogP contribution in [0.4, 0.5) is 5.82 Å². The molecule has 2 heterocycles. The van der Waals surface area contributed by atoms with Crippen LogP contribution in [0.3, 0.4) is 0 Å². The molecular weight excluding hydrogens is 190 g/mol. The van der Waals surface area contributed by atoms with E-state index < -0.39 is 0 Å². The molecule has 1 aliphatic rings. The average molecular weight is 203 g/mol. The van der Waals surface area contributed by atoms with Crippen molar-refractivity contribution in [1.29, 1.82) is 0 Å². The lowest BCUT2D eigenvalue weighted by atomic mass is 10.1. The van der Waals surface area contributed by atoms with Gasteiger partial charge in [0.2, 0.25) is 5.91 Å². The van der Waals surface area contributed by atoms with Crippen LogP contribution in [0.25, 0.3) is 0 Å². The molecule has 4 nitrogen and oxygen atoms in total. The molecule has 4 heteroatoms. The molecule has 1 saturated heterocycles. The van der Waals surface area contributed by atoms with Crippen LogP contribution in [0.1, 0.15) is 19.0 Å². The number of carbonyl (C=O) groups excluding carboxylic acids is 1. The number of aromatic nitrogens is 2. The zero-order chi connectivity index (χ0) is 10.8. The Morgan fingerprint density at radius 3 is 3.13 bits per heavy atom. The summed E-state index contributed by atoms with van der Waals surface area (Å²) in [7, 11) is 0. The Bertz CT molecular complexity index is 416. The van der Waals surface area contributed by atoms with Crippen molar-refractivity contribution < 1.29 is 4.79 Å². The van der Waals surface area contributed by atoms with Crippen molar-refractivity contribution >= 4 is 11.7 Å². The lowest BCUT2D eigenvalue weighted by molar-refractivity contribution is -0.117. The molecule has 1 unspecified atom stereocenters. The van der Waals surface area contributed by atoms with Crippen LogP contribution < -0.4 is 4.90 Å². The Labute approximate surface area is 88.7 Å². The number of aryl methyl sites for hydroxylation is 1. The van der Waals surface area contributed by atoms with E-state index in [-0.39, 0.29) is 11.8 Å². The molecule has 15 heavy (non-hydrogen) atoms. The molecule has 0 aromatic carbocycles. The van der Waals surface area contributed by atoms with Crippen molar-refractivity contribution in [3.63, 3.8) is 0 Å². The summed E-state index contributed by atoms with van der Waals surface area (Å²) >= 11 is 0. The molecule has 0 saturated carbocycles. The standard InChI is InChI=1S/C11H13N3O/c1-3-8-5-11(15)14(7-8)10-6-9(4-2)12-13-10/h1,6,8H,4-5,7H2,2H3,(H,12,13). The van der Waals surface area contributed by atoms with Crippen molar-refractivity contribution in [3.05, 3.63) is 11.8 Å². The van der Waals surface area contributed by atoms with Crippen LogP contribution in [-0.4, -0.2) is 22.6 Å². The Kier molecular flexibility index (Phi) is 2.46. The van der Waals surface area contributed by atoms with Gasteiger partial charge in [-0.25, -0.2) is 0 Å². The first-order valence-electron chi connectivity index (χ1n) is 5.05. The van der Waals surface area contributed by atoms with E-state index in [4.69, 9.17) is 6.42 Å². The van der Waals surface area contributed by atoms with Gasteiger partial charge in [0, 0.05) is 30.6 Å². The smallest absolute Gasteiger partial charge is 0.229 e. The van der Waals surface area contributed by atoms with Gasteiger partial charge in [0.25, 0.3) is 0 Å². The van der Waals surface area contributed by atoms with Gasteiger partial charge in [0.05, 0.1) is 0 Å². The molecule has 1 aromatic heterocycles. The topological polar surface area (TPSA) is 49.0 Å². The summed E-state index contributed by atoms with van der Waals surface area (Å²) in [6, 6.07) is 1.90. The number of H-pyrrole nitrogens is 1. The minimum atomic E-state index is 0.0271. The van der Waals surface area contributed by atoms with Crippen LogP contribution in [0, 0.1) is 18.3 Å². The summed E-state index contributed by atoms with van der Waals surface area (Å²) in [6.07, 6.45) is 6.63. The van der Waals surface area contributed by atoms with Gasteiger partial charge in [0.15, 0.2) is 5.82 Å². The summed E-state index contributed by atoms with van der Waals surface area (Å²) in [6.45, 7) is 2.62. The molecular formula is C11H13N3O. The summed E-state index contributed by atoms with van der Waals surface area (Å²) in [5.74, 6) is 3.39. The van der Waals surface area contributed by atoms with Gasteiger partial charge in [-0.3, -0.25) is 14.8 Å². The highest BCUT2D eigenvalue weighted by atomic mass is 16.2. The third-order valence-electron chi connectivity index (χ3n) is 2.64. The number of hydrogen-bond donors (Lipinski definition) is 1. The average Bonchev–Trinajstić information content (AvgIpc) is 2.83. The molecule has 0 spiro atoms. The van der Waals surface area contributed by atoms with Crippen LogP contribution in [0.15, 0.2) is 6.07 Å². The van der Waals surface area contributed by atoms with Crippen LogP contribution in [-0.2, 0) is 11.2 Å². The Balaban J connectivity index is 2.18. The van der Waals surface area contributed by atoms with Gasteiger partial charge < -0.3 is 0 Å². The predicted octanol–water partition coefficient (Wildman–Crippen LogP) is 0.958.